The largest absolute Gasteiger partial charge is 0.493 e. The summed E-state index contributed by atoms with van der Waals surface area (Å²) in [6.45, 7) is 12.6. The molecule has 0 N–H and O–H groups in total. The molecule has 0 amide bonds. The number of esters is 2. The van der Waals surface area contributed by atoms with E-state index in [9.17, 15) is 14.4 Å². The number of carbonyl (C=O) groups excluding carboxylic acids is 2. The third kappa shape index (κ3) is 7.24. The van der Waals surface area contributed by atoms with Crippen LogP contribution < -0.4 is 29.1 Å². The zero-order valence-electron chi connectivity index (χ0n) is 29.7. The molecule has 6 rings (SSSR count). The minimum Gasteiger partial charge on any atom is -0.493 e. The van der Waals surface area contributed by atoms with Gasteiger partial charge in [0.1, 0.15) is 18.1 Å². The number of nitrogens with zero attached hydrogens (tertiary/aromatic N) is 4. The number of fused-ring (bicyclic) bond motifs is 1. The number of ether oxygens (including phenoxy) is 4. The second-order valence-electron chi connectivity index (χ2n) is 12.3. The number of allylic oxidation sites excluding steroid dienone is 1. The molecular formula is C40H38N4O7S. The van der Waals surface area contributed by atoms with E-state index in [-0.39, 0.29) is 35.3 Å². The van der Waals surface area contributed by atoms with E-state index in [1.54, 1.807) is 35.9 Å². The third-order valence-electron chi connectivity index (χ3n) is 8.19. The molecule has 3 heterocycles. The predicted molar refractivity (Wildman–Crippen MR) is 199 cm³/mol. The number of aryl methyl sites for hydroxylation is 1. The van der Waals surface area contributed by atoms with Crippen molar-refractivity contribution in [3.63, 3.8) is 0 Å². The molecule has 0 unspecified atom stereocenters. The molecule has 1 aliphatic heterocycles. The molecule has 5 aromatic rings. The van der Waals surface area contributed by atoms with Crippen molar-refractivity contribution in [1.82, 2.24) is 14.3 Å². The number of thiazole rings is 1. The molecule has 1 aliphatic rings. The highest BCUT2D eigenvalue weighted by Crippen LogP contribution is 2.36. The van der Waals surface area contributed by atoms with Crippen LogP contribution in [0.4, 0.5) is 0 Å². The van der Waals surface area contributed by atoms with Crippen molar-refractivity contribution in [2.24, 2.45) is 4.99 Å². The van der Waals surface area contributed by atoms with Crippen LogP contribution in [0, 0.1) is 6.92 Å². The van der Waals surface area contributed by atoms with Gasteiger partial charge in [0, 0.05) is 24.2 Å². The number of aromatic nitrogens is 3. The maximum Gasteiger partial charge on any atom is 0.338 e. The minimum absolute atomic E-state index is 0.0215. The van der Waals surface area contributed by atoms with E-state index in [0.717, 1.165) is 22.6 Å². The fourth-order valence-corrected chi connectivity index (χ4v) is 7.00. The van der Waals surface area contributed by atoms with Crippen LogP contribution in [0.5, 0.6) is 17.2 Å². The fraction of sp³-hybridized carbons (Fsp3) is 0.225. The summed E-state index contributed by atoms with van der Waals surface area (Å²) < 4.78 is 26.0. The van der Waals surface area contributed by atoms with Crippen LogP contribution in [0.15, 0.2) is 107 Å². The fourth-order valence-electron chi connectivity index (χ4n) is 5.96. The van der Waals surface area contributed by atoms with Gasteiger partial charge >= 0.3 is 11.9 Å². The number of carbonyl (C=O) groups is 2. The van der Waals surface area contributed by atoms with Crippen molar-refractivity contribution in [2.75, 3.05) is 13.7 Å². The lowest BCUT2D eigenvalue weighted by atomic mass is 9.95. The van der Waals surface area contributed by atoms with Gasteiger partial charge in [-0.25, -0.2) is 14.5 Å². The molecule has 11 nitrogen and oxygen atoms in total. The Balaban J connectivity index is 1.55. The first-order valence-electron chi connectivity index (χ1n) is 16.6. The van der Waals surface area contributed by atoms with Gasteiger partial charge in [-0.3, -0.25) is 14.2 Å². The highest BCUT2D eigenvalue weighted by molar-refractivity contribution is 7.07. The Hall–Kier alpha value is -6.01. The lowest BCUT2D eigenvalue weighted by Gasteiger charge is -2.25. The number of para-hydroxylation sites is 1. The van der Waals surface area contributed by atoms with Crippen LogP contribution in [0.3, 0.4) is 0 Å². The lowest BCUT2D eigenvalue weighted by Crippen LogP contribution is -2.40. The summed E-state index contributed by atoms with van der Waals surface area (Å²) in [4.78, 5) is 44.9. The van der Waals surface area contributed by atoms with Gasteiger partial charge in [-0.05, 0) is 87.4 Å². The van der Waals surface area contributed by atoms with Gasteiger partial charge in [0.05, 0.1) is 40.7 Å². The average molecular weight is 719 g/mol. The molecule has 0 spiro atoms. The molecule has 0 bridgehead atoms. The van der Waals surface area contributed by atoms with E-state index in [1.807, 2.05) is 75.5 Å². The van der Waals surface area contributed by atoms with Crippen molar-refractivity contribution in [2.45, 2.75) is 46.8 Å². The number of hydrogen-bond donors (Lipinski definition) is 0. The Labute approximate surface area is 304 Å². The molecule has 266 valence electrons. The predicted octanol–water partition coefficient (Wildman–Crippen LogP) is 5.85. The van der Waals surface area contributed by atoms with Gasteiger partial charge in [0.25, 0.3) is 5.56 Å². The van der Waals surface area contributed by atoms with Crippen molar-refractivity contribution in [3.8, 4) is 34.2 Å². The molecule has 52 heavy (non-hydrogen) atoms. The highest BCUT2D eigenvalue weighted by Gasteiger charge is 2.34. The van der Waals surface area contributed by atoms with E-state index in [0.29, 0.717) is 31.9 Å². The second-order valence-corrected chi connectivity index (χ2v) is 13.3. The smallest absolute Gasteiger partial charge is 0.338 e. The van der Waals surface area contributed by atoms with Crippen LogP contribution in [-0.4, -0.2) is 46.1 Å². The molecule has 1 atom stereocenters. The first-order chi connectivity index (χ1) is 25.0. The molecule has 0 fully saturated rings. The summed E-state index contributed by atoms with van der Waals surface area (Å²) in [7, 11) is 1.44. The molecule has 0 saturated carbocycles. The summed E-state index contributed by atoms with van der Waals surface area (Å²) in [6.07, 6.45) is 5.17. The Bertz CT molecular complexity index is 2400. The van der Waals surface area contributed by atoms with Crippen molar-refractivity contribution < 1.29 is 28.5 Å². The van der Waals surface area contributed by atoms with E-state index in [2.05, 4.69) is 6.58 Å². The van der Waals surface area contributed by atoms with Crippen molar-refractivity contribution in [1.29, 1.82) is 0 Å². The van der Waals surface area contributed by atoms with Crippen LogP contribution in [0.1, 0.15) is 50.4 Å². The van der Waals surface area contributed by atoms with Gasteiger partial charge in [0.15, 0.2) is 16.3 Å². The molecule has 0 aliphatic carbocycles. The quantitative estimate of drug-likeness (QED) is 0.0948. The normalized spacial score (nSPS) is 14.1. The minimum atomic E-state index is -0.932. The molecule has 0 saturated heterocycles. The Morgan fingerprint density at radius 3 is 2.44 bits per heavy atom. The summed E-state index contributed by atoms with van der Waals surface area (Å²) in [5, 5.41) is 4.97. The summed E-state index contributed by atoms with van der Waals surface area (Å²) >= 11 is 1.20. The standard InChI is InChI=1S/C40H38N4O7S/c1-8-18-49-39(47)35-25(5)41-40-44(37(35)28-15-17-32(51-26(6)45)33(20-28)48-7)38(46)34(52-40)21-29-22-43(30-12-10-9-11-13-30)42-36(29)27-14-16-31(24(4)19-27)50-23(2)3/h8-17,19-23,37H,1,18H2,2-7H3/b34-21-/t37-/m1/s1. The number of methoxy groups -OCH3 is 1. The number of hydrogen-bond acceptors (Lipinski definition) is 10. The zero-order valence-corrected chi connectivity index (χ0v) is 30.5. The molecule has 0 radical (unpaired) electrons. The van der Waals surface area contributed by atoms with E-state index < -0.39 is 18.0 Å². The maximum absolute atomic E-state index is 14.5. The van der Waals surface area contributed by atoms with Gasteiger partial charge in [-0.15, -0.1) is 0 Å². The average Bonchev–Trinajstić information content (AvgIpc) is 3.68. The second kappa shape index (κ2) is 15.1. The van der Waals surface area contributed by atoms with Gasteiger partial charge in [-0.2, -0.15) is 5.10 Å². The highest BCUT2D eigenvalue weighted by atomic mass is 32.1. The van der Waals surface area contributed by atoms with Crippen molar-refractivity contribution in [3.05, 3.63) is 133 Å². The maximum atomic E-state index is 14.5. The monoisotopic (exact) mass is 718 g/mol. The van der Waals surface area contributed by atoms with Crippen LogP contribution in [0.25, 0.3) is 23.0 Å². The summed E-state index contributed by atoms with van der Waals surface area (Å²) in [5.74, 6) is 0.0704. The topological polar surface area (TPSA) is 123 Å². The van der Waals surface area contributed by atoms with E-state index in [4.69, 9.17) is 29.0 Å². The molecule has 2 aromatic heterocycles. The first-order valence-corrected chi connectivity index (χ1v) is 17.4. The first kappa shape index (κ1) is 35.8. The Morgan fingerprint density at radius 2 is 1.77 bits per heavy atom. The van der Waals surface area contributed by atoms with E-state index >= 15 is 0 Å². The molecule has 12 heteroatoms. The zero-order chi connectivity index (χ0) is 37.1. The Kier molecular flexibility index (Phi) is 10.4. The van der Waals surface area contributed by atoms with Crippen molar-refractivity contribution >= 4 is 29.4 Å². The van der Waals surface area contributed by atoms with Gasteiger partial charge < -0.3 is 18.9 Å². The number of benzene rings is 3. The lowest BCUT2D eigenvalue weighted by molar-refractivity contribution is -0.138. The van der Waals surface area contributed by atoms with Gasteiger partial charge in [0.2, 0.25) is 0 Å². The Morgan fingerprint density at radius 1 is 1.02 bits per heavy atom. The summed E-state index contributed by atoms with van der Waals surface area (Å²) in [5.41, 5.74) is 4.76. The third-order valence-corrected chi connectivity index (χ3v) is 9.17. The molecule has 3 aromatic carbocycles. The molecular weight excluding hydrogens is 681 g/mol. The SMILES string of the molecule is C=CCOC(=O)C1=C(C)N=c2s/c(=C\c3cn(-c4ccccc4)nc3-c3ccc(OC(C)C)c(C)c3)c(=O)n2[C@@H]1c1ccc(OC(C)=O)c(OC)c1. The van der Waals surface area contributed by atoms with E-state index in [1.165, 1.54) is 36.0 Å². The number of rotatable bonds is 11. The van der Waals surface area contributed by atoms with Gasteiger partial charge in [-0.1, -0.05) is 48.3 Å². The summed E-state index contributed by atoms with van der Waals surface area (Å²) in [6, 6.07) is 19.6. The van der Waals surface area contributed by atoms with Crippen LogP contribution in [0.2, 0.25) is 0 Å². The van der Waals surface area contributed by atoms with Crippen LogP contribution >= 0.6 is 11.3 Å². The van der Waals surface area contributed by atoms with Crippen LogP contribution in [-0.2, 0) is 14.3 Å².